The summed E-state index contributed by atoms with van der Waals surface area (Å²) in [6, 6.07) is 9.25. The lowest BCUT2D eigenvalue weighted by atomic mass is 9.95. The van der Waals surface area contributed by atoms with Gasteiger partial charge in [-0.2, -0.15) is 18.6 Å². The van der Waals surface area contributed by atoms with Gasteiger partial charge in [-0.3, -0.25) is 9.10 Å². The Hall–Kier alpha value is -3.50. The van der Waals surface area contributed by atoms with E-state index in [2.05, 4.69) is 9.27 Å². The molecule has 45 heavy (non-hydrogen) atoms. The largest absolute Gasteiger partial charge is 0.476 e. The van der Waals surface area contributed by atoms with E-state index in [1.54, 1.807) is 34.8 Å². The number of carbonyl (C=O) groups is 2. The second-order valence-corrected chi connectivity index (χ2v) is 12.7. The maximum atomic E-state index is 15.2. The van der Waals surface area contributed by atoms with Crippen LogP contribution in [0.4, 0.5) is 14.5 Å². The van der Waals surface area contributed by atoms with Gasteiger partial charge >= 0.3 is 5.97 Å². The summed E-state index contributed by atoms with van der Waals surface area (Å²) < 4.78 is 38.0. The smallest absolute Gasteiger partial charge is 0.355 e. The van der Waals surface area contributed by atoms with Crippen LogP contribution in [0.3, 0.4) is 0 Å². The fourth-order valence-electron chi connectivity index (χ4n) is 5.48. The van der Waals surface area contributed by atoms with Crippen LogP contribution < -0.4 is 10.2 Å². The lowest BCUT2D eigenvalue weighted by Crippen LogP contribution is -2.28. The molecule has 15 heteroatoms. The minimum Gasteiger partial charge on any atom is -0.476 e. The number of likely N-dealkylation sites (tertiary alicyclic amines) is 1. The molecule has 1 aliphatic carbocycles. The molecular formula is C30H32F2N6O4S3. The molecule has 2 aromatic heterocycles. The Balaban J connectivity index is 0.00000400. The molecule has 4 aromatic rings. The van der Waals surface area contributed by atoms with E-state index in [4.69, 9.17) is 11.0 Å². The lowest BCUT2D eigenvalue weighted by molar-refractivity contribution is 0.0690. The van der Waals surface area contributed by atoms with Gasteiger partial charge in [0.1, 0.15) is 23.9 Å². The maximum Gasteiger partial charge on any atom is 0.355 e. The molecular weight excluding hydrogens is 643 g/mol. The monoisotopic (exact) mass is 674 g/mol. The zero-order valence-electron chi connectivity index (χ0n) is 24.3. The minimum atomic E-state index is -1.15. The number of carbonyl (C=O) groups excluding carboxylic acids is 1. The Morgan fingerprint density at radius 2 is 1.91 bits per heavy atom. The van der Waals surface area contributed by atoms with Gasteiger partial charge in [0.05, 0.1) is 22.6 Å². The Morgan fingerprint density at radius 3 is 2.56 bits per heavy atom. The first-order chi connectivity index (χ1) is 21.2. The molecule has 2 aliphatic rings. The molecule has 1 saturated carbocycles. The first-order valence-corrected chi connectivity index (χ1v) is 15.8. The van der Waals surface area contributed by atoms with Crippen LogP contribution in [-0.4, -0.2) is 56.8 Å². The van der Waals surface area contributed by atoms with E-state index in [9.17, 15) is 14.7 Å². The molecule has 0 bridgehead atoms. The van der Waals surface area contributed by atoms with Gasteiger partial charge in [0.25, 0.3) is 5.91 Å². The first-order valence-electron chi connectivity index (χ1n) is 14.2. The number of nitrogens with zero attached hydrogens (tertiary/aromatic N) is 5. The Morgan fingerprint density at radius 1 is 1.16 bits per heavy atom. The zero-order valence-corrected chi connectivity index (χ0v) is 27.0. The molecule has 2 aromatic carbocycles. The fourth-order valence-corrected chi connectivity index (χ4v) is 6.61. The van der Waals surface area contributed by atoms with Crippen molar-refractivity contribution in [1.29, 1.82) is 0 Å². The lowest BCUT2D eigenvalue weighted by Gasteiger charge is -2.17. The standard InChI is InChI=1S/C30H30F2N6O4S2.H2S/c1-36(44-42-33)25-9-6-18(13-23(25)32)12-21-26(14-17-4-5-17)38(30-34-24(16-43-30)29(40)41)35-27(21)19-7-8-22(31)20(15-19)28(39)37-10-2-3-11-37;/h6-9,13,15-17H,2-5,10-12,14,33H2,1H3,(H,40,41);1H2. The second-order valence-electron chi connectivity index (χ2n) is 11.0. The maximum absolute atomic E-state index is 15.2. The molecule has 1 amide bonds. The highest BCUT2D eigenvalue weighted by Crippen LogP contribution is 2.39. The zero-order chi connectivity index (χ0) is 31.0. The molecule has 238 valence electrons. The number of aromatic nitrogens is 3. The van der Waals surface area contributed by atoms with Crippen molar-refractivity contribution in [2.24, 2.45) is 11.8 Å². The number of benzene rings is 2. The highest BCUT2D eigenvalue weighted by molar-refractivity contribution is 7.96. The van der Waals surface area contributed by atoms with E-state index in [0.29, 0.717) is 47.4 Å². The summed E-state index contributed by atoms with van der Waals surface area (Å²) in [6.45, 7) is 1.16. The summed E-state index contributed by atoms with van der Waals surface area (Å²) in [5.41, 5.74) is 3.44. The van der Waals surface area contributed by atoms with Crippen LogP contribution in [0.15, 0.2) is 41.8 Å². The highest BCUT2D eigenvalue weighted by Gasteiger charge is 2.30. The third-order valence-electron chi connectivity index (χ3n) is 7.91. The van der Waals surface area contributed by atoms with Gasteiger partial charge in [-0.1, -0.05) is 6.07 Å². The molecule has 0 spiro atoms. The number of aromatic carboxylic acids is 1. The molecule has 3 heterocycles. The summed E-state index contributed by atoms with van der Waals surface area (Å²) in [5, 5.41) is 16.3. The molecule has 10 nitrogen and oxygen atoms in total. The fraction of sp³-hybridized carbons (Fsp3) is 0.333. The van der Waals surface area contributed by atoms with Crippen molar-refractivity contribution in [3.8, 4) is 16.4 Å². The van der Waals surface area contributed by atoms with Crippen LogP contribution >= 0.6 is 37.1 Å². The van der Waals surface area contributed by atoms with Crippen LogP contribution in [0.25, 0.3) is 16.4 Å². The van der Waals surface area contributed by atoms with Crippen molar-refractivity contribution < 1.29 is 27.8 Å². The molecule has 0 radical (unpaired) electrons. The number of hydrogen-bond donors (Lipinski definition) is 2. The van der Waals surface area contributed by atoms with E-state index in [1.807, 2.05) is 0 Å². The van der Waals surface area contributed by atoms with Crippen molar-refractivity contribution in [2.45, 2.75) is 38.5 Å². The van der Waals surface area contributed by atoms with Gasteiger partial charge in [-0.05, 0) is 73.9 Å². The summed E-state index contributed by atoms with van der Waals surface area (Å²) in [4.78, 5) is 30.8. The molecule has 1 saturated heterocycles. The summed E-state index contributed by atoms with van der Waals surface area (Å²) in [6.07, 6.45) is 4.77. The van der Waals surface area contributed by atoms with Crippen LogP contribution in [-0.2, 0) is 17.1 Å². The summed E-state index contributed by atoms with van der Waals surface area (Å²) in [7, 11) is 1.63. The number of carboxylic acid groups (broad SMARTS) is 1. The van der Waals surface area contributed by atoms with E-state index in [0.717, 1.165) is 60.5 Å². The van der Waals surface area contributed by atoms with Crippen LogP contribution in [0, 0.1) is 17.6 Å². The van der Waals surface area contributed by atoms with Gasteiger partial charge in [0.15, 0.2) is 5.69 Å². The third-order valence-corrected chi connectivity index (χ3v) is 9.23. The number of rotatable bonds is 11. The molecule has 2 fully saturated rings. The van der Waals surface area contributed by atoms with Crippen molar-refractivity contribution in [3.05, 3.63) is 81.5 Å². The quantitative estimate of drug-likeness (QED) is 0.116. The number of thiazole rings is 1. The third kappa shape index (κ3) is 7.02. The van der Waals surface area contributed by atoms with E-state index in [1.165, 1.54) is 27.9 Å². The highest BCUT2D eigenvalue weighted by atomic mass is 32.2. The second kappa shape index (κ2) is 13.9. The number of nitrogens with two attached hydrogens (primary N) is 1. The first kappa shape index (κ1) is 32.9. The minimum absolute atomic E-state index is 0. The molecule has 1 aliphatic heterocycles. The number of anilines is 1. The SMILES string of the molecule is CN(SON)c1ccc(Cc2c(-c3ccc(F)c(C(=O)N4CCCC4)c3)nn(-c3nc(C(=O)O)cs3)c2CC2CC2)cc1F.S. The van der Waals surface area contributed by atoms with E-state index in [-0.39, 0.29) is 42.8 Å². The van der Waals surface area contributed by atoms with Gasteiger partial charge < -0.3 is 10.0 Å². The molecule has 6 rings (SSSR count). The van der Waals surface area contributed by atoms with Gasteiger partial charge in [0.2, 0.25) is 5.13 Å². The number of amides is 1. The normalized spacial score (nSPS) is 14.4. The Kier molecular flexibility index (Phi) is 10.1. The number of hydrogen-bond acceptors (Lipinski definition) is 9. The average molecular weight is 675 g/mol. The number of halogens is 2. The van der Waals surface area contributed by atoms with Crippen molar-refractivity contribution in [3.63, 3.8) is 0 Å². The van der Waals surface area contributed by atoms with Gasteiger partial charge in [-0.25, -0.2) is 33.4 Å². The van der Waals surface area contributed by atoms with E-state index < -0.39 is 17.6 Å². The van der Waals surface area contributed by atoms with Crippen molar-refractivity contribution >= 4 is 54.6 Å². The summed E-state index contributed by atoms with van der Waals surface area (Å²) in [5.74, 6) is 2.94. The summed E-state index contributed by atoms with van der Waals surface area (Å²) >= 11 is 1.95. The predicted molar refractivity (Wildman–Crippen MR) is 174 cm³/mol. The van der Waals surface area contributed by atoms with Crippen LogP contribution in [0.1, 0.15) is 63.4 Å². The predicted octanol–water partition coefficient (Wildman–Crippen LogP) is 5.75. The molecule has 3 N–H and O–H groups in total. The molecule has 0 atom stereocenters. The topological polar surface area (TPSA) is 127 Å². The average Bonchev–Trinajstić information content (AvgIpc) is 3.36. The van der Waals surface area contributed by atoms with Crippen LogP contribution in [0.5, 0.6) is 0 Å². The molecule has 0 unspecified atom stereocenters. The van der Waals surface area contributed by atoms with Gasteiger partial charge in [0, 0.05) is 43.1 Å². The van der Waals surface area contributed by atoms with Crippen molar-refractivity contribution in [2.75, 3.05) is 24.4 Å². The van der Waals surface area contributed by atoms with Crippen molar-refractivity contribution in [1.82, 2.24) is 19.7 Å². The Bertz CT molecular complexity index is 1720. The Labute approximate surface area is 273 Å². The van der Waals surface area contributed by atoms with Gasteiger partial charge in [-0.15, -0.1) is 11.3 Å². The van der Waals surface area contributed by atoms with Crippen LogP contribution in [0.2, 0.25) is 0 Å². The number of carboxylic acids is 1. The van der Waals surface area contributed by atoms with E-state index >= 15 is 8.78 Å².